The predicted molar refractivity (Wildman–Crippen MR) is 116 cm³/mol. The molecule has 0 radical (unpaired) electrons. The number of aliphatic hydroxyl groups is 1. The van der Waals surface area contributed by atoms with E-state index in [-0.39, 0.29) is 30.0 Å². The number of pyridine rings is 1. The highest BCUT2D eigenvalue weighted by atomic mass is 19.4. The molecule has 33 heavy (non-hydrogen) atoms. The molecule has 2 aromatic carbocycles. The lowest BCUT2D eigenvalue weighted by Crippen LogP contribution is -2.25. The highest BCUT2D eigenvalue weighted by Crippen LogP contribution is 2.45. The Bertz CT molecular complexity index is 1280. The third kappa shape index (κ3) is 4.93. The van der Waals surface area contributed by atoms with Crippen molar-refractivity contribution in [2.75, 3.05) is 5.32 Å². The third-order valence-corrected chi connectivity index (χ3v) is 5.64. The van der Waals surface area contributed by atoms with Crippen molar-refractivity contribution in [2.24, 2.45) is 0 Å². The Balaban J connectivity index is 1.65. The number of aliphatic hydroxyl groups excluding tert-OH is 1. The van der Waals surface area contributed by atoms with Crippen LogP contribution in [0.1, 0.15) is 42.4 Å². The van der Waals surface area contributed by atoms with Gasteiger partial charge in [0.15, 0.2) is 0 Å². The maximum Gasteiger partial charge on any atom is 0.419 e. The molecule has 0 saturated heterocycles. The minimum atomic E-state index is -4.81. The fourth-order valence-corrected chi connectivity index (χ4v) is 3.95. The van der Waals surface area contributed by atoms with E-state index in [2.05, 4.69) is 5.32 Å². The standard InChI is InChI=1S/C24H22F4N2O3/c1-13(31)12-30-9-8-17-18(23(30)33)6-5-16(15-3-4-15)22(17)29-21(32)11-14-2-7-19(20(25)10-14)24(26,27)28/h2,5-10,13,15,31H,3-4,11-12H2,1H3,(H,29,32). The molecule has 0 bridgehead atoms. The van der Waals surface area contributed by atoms with Gasteiger partial charge in [-0.15, -0.1) is 0 Å². The summed E-state index contributed by atoms with van der Waals surface area (Å²) in [7, 11) is 0. The van der Waals surface area contributed by atoms with Crippen molar-refractivity contribution in [1.82, 2.24) is 4.57 Å². The molecular weight excluding hydrogens is 440 g/mol. The molecule has 0 aliphatic heterocycles. The molecule has 9 heteroatoms. The lowest BCUT2D eigenvalue weighted by atomic mass is 10.0. The number of benzene rings is 2. The molecule has 1 aliphatic rings. The van der Waals surface area contributed by atoms with E-state index in [0.29, 0.717) is 28.6 Å². The number of nitrogens with one attached hydrogen (secondary N) is 1. The van der Waals surface area contributed by atoms with E-state index in [4.69, 9.17) is 0 Å². The Morgan fingerprint density at radius 2 is 1.91 bits per heavy atom. The van der Waals surface area contributed by atoms with Gasteiger partial charge >= 0.3 is 6.18 Å². The van der Waals surface area contributed by atoms with Crippen molar-refractivity contribution in [2.45, 2.75) is 50.9 Å². The Morgan fingerprint density at radius 1 is 1.18 bits per heavy atom. The summed E-state index contributed by atoms with van der Waals surface area (Å²) < 4.78 is 53.6. The van der Waals surface area contributed by atoms with Crippen LogP contribution in [0.2, 0.25) is 0 Å². The molecule has 1 fully saturated rings. The summed E-state index contributed by atoms with van der Waals surface area (Å²) in [5, 5.41) is 13.3. The van der Waals surface area contributed by atoms with Crippen LogP contribution in [-0.2, 0) is 23.9 Å². The van der Waals surface area contributed by atoms with Crippen molar-refractivity contribution >= 4 is 22.4 Å². The smallest absolute Gasteiger partial charge is 0.392 e. The molecular formula is C24H22F4N2O3. The van der Waals surface area contributed by atoms with Gasteiger partial charge in [-0.1, -0.05) is 12.1 Å². The highest BCUT2D eigenvalue weighted by Gasteiger charge is 2.34. The van der Waals surface area contributed by atoms with Gasteiger partial charge in [-0.3, -0.25) is 9.59 Å². The van der Waals surface area contributed by atoms with Crippen molar-refractivity contribution in [3.8, 4) is 0 Å². The van der Waals surface area contributed by atoms with Gasteiger partial charge in [0.25, 0.3) is 5.56 Å². The van der Waals surface area contributed by atoms with Crippen LogP contribution in [0.4, 0.5) is 23.2 Å². The van der Waals surface area contributed by atoms with Gasteiger partial charge in [-0.05, 0) is 61.1 Å². The van der Waals surface area contributed by atoms with Gasteiger partial charge in [0.2, 0.25) is 5.91 Å². The van der Waals surface area contributed by atoms with Crippen molar-refractivity contribution < 1.29 is 27.5 Å². The van der Waals surface area contributed by atoms with E-state index >= 15 is 0 Å². The average molecular weight is 462 g/mol. The summed E-state index contributed by atoms with van der Waals surface area (Å²) in [4.78, 5) is 25.6. The molecule has 1 saturated carbocycles. The number of amides is 1. The first-order chi connectivity index (χ1) is 15.5. The molecule has 2 N–H and O–H groups in total. The molecule has 4 rings (SSSR count). The number of fused-ring (bicyclic) bond motifs is 1. The molecule has 1 unspecified atom stereocenters. The van der Waals surface area contributed by atoms with Crippen LogP contribution < -0.4 is 10.9 Å². The average Bonchev–Trinajstić information content (AvgIpc) is 3.54. The van der Waals surface area contributed by atoms with Crippen LogP contribution in [0.15, 0.2) is 47.4 Å². The Kier molecular flexibility index (Phi) is 6.00. The van der Waals surface area contributed by atoms with Crippen LogP contribution in [0, 0.1) is 5.82 Å². The van der Waals surface area contributed by atoms with Crippen molar-refractivity contribution in [3.05, 3.63) is 75.5 Å². The summed E-state index contributed by atoms with van der Waals surface area (Å²) in [6.07, 6.45) is -2.42. The second-order valence-electron chi connectivity index (χ2n) is 8.42. The molecule has 1 amide bonds. The first kappa shape index (κ1) is 23.0. The van der Waals surface area contributed by atoms with Crippen LogP contribution in [0.5, 0.6) is 0 Å². The summed E-state index contributed by atoms with van der Waals surface area (Å²) in [5.74, 6) is -1.72. The molecule has 5 nitrogen and oxygen atoms in total. The van der Waals surface area contributed by atoms with Gasteiger partial charge in [-0.25, -0.2) is 4.39 Å². The van der Waals surface area contributed by atoms with Gasteiger partial charge in [-0.2, -0.15) is 13.2 Å². The third-order valence-electron chi connectivity index (χ3n) is 5.64. The van der Waals surface area contributed by atoms with E-state index in [1.165, 1.54) is 4.57 Å². The molecule has 3 aromatic rings. The van der Waals surface area contributed by atoms with Crippen molar-refractivity contribution in [1.29, 1.82) is 0 Å². The SMILES string of the molecule is CC(O)Cn1ccc2c(NC(=O)Cc3ccc(C(F)(F)F)c(F)c3)c(C3CC3)ccc2c1=O. The lowest BCUT2D eigenvalue weighted by Gasteiger charge is -2.16. The second kappa shape index (κ2) is 8.62. The zero-order valence-corrected chi connectivity index (χ0v) is 17.7. The molecule has 1 aliphatic carbocycles. The van der Waals surface area contributed by atoms with Crippen molar-refractivity contribution in [3.63, 3.8) is 0 Å². The van der Waals surface area contributed by atoms with E-state index in [1.807, 2.05) is 0 Å². The van der Waals surface area contributed by atoms with Gasteiger partial charge in [0.1, 0.15) is 5.82 Å². The van der Waals surface area contributed by atoms with Gasteiger partial charge < -0.3 is 15.0 Å². The highest BCUT2D eigenvalue weighted by molar-refractivity contribution is 6.04. The topological polar surface area (TPSA) is 71.3 Å². The largest absolute Gasteiger partial charge is 0.419 e. The Labute approximate surface area is 186 Å². The van der Waals surface area contributed by atoms with Gasteiger partial charge in [0, 0.05) is 17.0 Å². The summed E-state index contributed by atoms with van der Waals surface area (Å²) in [5.41, 5.74) is -0.234. The molecule has 174 valence electrons. The maximum absolute atomic E-state index is 13.9. The predicted octanol–water partition coefficient (Wildman–Crippen LogP) is 4.60. The minimum Gasteiger partial charge on any atom is -0.392 e. The number of anilines is 1. The normalized spacial score (nSPS) is 15.0. The summed E-state index contributed by atoms with van der Waals surface area (Å²) in [6, 6.07) is 7.59. The number of carbonyl (C=O) groups excluding carboxylic acids is 1. The quantitative estimate of drug-likeness (QED) is 0.526. The van der Waals surface area contributed by atoms with E-state index in [9.17, 15) is 32.3 Å². The van der Waals surface area contributed by atoms with E-state index < -0.39 is 29.6 Å². The first-order valence-corrected chi connectivity index (χ1v) is 10.5. The zero-order chi connectivity index (χ0) is 23.9. The first-order valence-electron chi connectivity index (χ1n) is 10.5. The van der Waals surface area contributed by atoms with Crippen LogP contribution in [0.3, 0.4) is 0 Å². The number of halogens is 4. The minimum absolute atomic E-state index is 0.102. The fraction of sp³-hybridized carbons (Fsp3) is 0.333. The second-order valence-corrected chi connectivity index (χ2v) is 8.42. The Hall–Kier alpha value is -3.20. The molecule has 1 atom stereocenters. The fourth-order valence-electron chi connectivity index (χ4n) is 3.95. The molecule has 1 aromatic heterocycles. The van der Waals surface area contributed by atoms with Crippen LogP contribution in [-0.4, -0.2) is 21.7 Å². The van der Waals surface area contributed by atoms with E-state index in [0.717, 1.165) is 24.5 Å². The van der Waals surface area contributed by atoms with Crippen LogP contribution in [0.25, 0.3) is 10.8 Å². The summed E-state index contributed by atoms with van der Waals surface area (Å²) in [6.45, 7) is 1.70. The molecule has 0 spiro atoms. The molecule has 1 heterocycles. The Morgan fingerprint density at radius 3 is 2.52 bits per heavy atom. The zero-order valence-electron chi connectivity index (χ0n) is 17.7. The number of hydrogen-bond acceptors (Lipinski definition) is 3. The number of alkyl halides is 3. The lowest BCUT2D eigenvalue weighted by molar-refractivity contribution is -0.140. The van der Waals surface area contributed by atoms with Crippen LogP contribution >= 0.6 is 0 Å². The number of nitrogens with zero attached hydrogens (tertiary/aromatic N) is 1. The monoisotopic (exact) mass is 462 g/mol. The summed E-state index contributed by atoms with van der Waals surface area (Å²) >= 11 is 0. The number of rotatable bonds is 6. The number of carbonyl (C=O) groups is 1. The van der Waals surface area contributed by atoms with E-state index in [1.54, 1.807) is 31.3 Å². The number of aromatic nitrogens is 1. The van der Waals surface area contributed by atoms with Gasteiger partial charge in [0.05, 0.1) is 30.3 Å². The maximum atomic E-state index is 13.9. The number of hydrogen-bond donors (Lipinski definition) is 2.